The molecule has 6 heteroatoms. The van der Waals surface area contributed by atoms with E-state index in [2.05, 4.69) is 4.99 Å². The third-order valence-electron chi connectivity index (χ3n) is 3.62. The number of nitrogen functional groups attached to an aromatic ring is 1. The summed E-state index contributed by atoms with van der Waals surface area (Å²) in [6.45, 7) is 3.87. The number of nitrogens with zero attached hydrogens (tertiary/aromatic N) is 1. The summed E-state index contributed by atoms with van der Waals surface area (Å²) in [5.74, 6) is 0.355. The highest BCUT2D eigenvalue weighted by molar-refractivity contribution is 6.51. The van der Waals surface area contributed by atoms with Gasteiger partial charge < -0.3 is 26.4 Å². The van der Waals surface area contributed by atoms with Gasteiger partial charge in [0, 0.05) is 18.2 Å². The maximum Gasteiger partial charge on any atom is 0.142 e. The molecule has 0 amide bonds. The summed E-state index contributed by atoms with van der Waals surface area (Å²) in [6, 6.07) is 3.61. The molecule has 0 aromatic heterocycles. The van der Waals surface area contributed by atoms with Crippen molar-refractivity contribution in [2.75, 3.05) is 18.9 Å². The molecule has 0 bridgehead atoms. The smallest absolute Gasteiger partial charge is 0.142 e. The van der Waals surface area contributed by atoms with Crippen molar-refractivity contribution in [3.05, 3.63) is 35.1 Å². The van der Waals surface area contributed by atoms with E-state index >= 15 is 0 Å². The van der Waals surface area contributed by atoms with Crippen LogP contribution in [0.5, 0.6) is 0 Å². The number of rotatable bonds is 4. The van der Waals surface area contributed by atoms with E-state index in [9.17, 15) is 0 Å². The molecule has 0 atom stereocenters. The molecule has 116 valence electrons. The van der Waals surface area contributed by atoms with Crippen molar-refractivity contribution >= 4 is 28.5 Å². The Labute approximate surface area is 129 Å². The van der Waals surface area contributed by atoms with E-state index in [1.54, 1.807) is 12.1 Å². The van der Waals surface area contributed by atoms with E-state index in [0.29, 0.717) is 17.2 Å². The molecule has 2 rings (SSSR count). The van der Waals surface area contributed by atoms with Gasteiger partial charge in [0.2, 0.25) is 0 Å². The predicted octanol–water partition coefficient (Wildman–Crippen LogP) is 2.29. The van der Waals surface area contributed by atoms with E-state index in [4.69, 9.17) is 26.4 Å². The van der Waals surface area contributed by atoms with E-state index in [-0.39, 0.29) is 31.1 Å². The van der Waals surface area contributed by atoms with Crippen LogP contribution in [0.15, 0.2) is 29.0 Å². The Morgan fingerprint density at radius 3 is 2.64 bits per heavy atom. The van der Waals surface area contributed by atoms with Crippen LogP contribution >= 0.6 is 0 Å². The molecule has 1 aliphatic rings. The minimum atomic E-state index is -0.120. The first-order valence-corrected chi connectivity index (χ1v) is 6.99. The van der Waals surface area contributed by atoms with Crippen molar-refractivity contribution in [1.29, 1.82) is 10.8 Å². The van der Waals surface area contributed by atoms with E-state index in [1.165, 1.54) is 0 Å². The third kappa shape index (κ3) is 3.23. The summed E-state index contributed by atoms with van der Waals surface area (Å²) in [6.07, 6.45) is 1.75. The molecule has 0 spiro atoms. The summed E-state index contributed by atoms with van der Waals surface area (Å²) in [5.41, 5.74) is 10.2. The van der Waals surface area contributed by atoms with Gasteiger partial charge in [0.15, 0.2) is 0 Å². The minimum absolute atomic E-state index is 0.120. The molecule has 1 aromatic rings. The first-order valence-electron chi connectivity index (χ1n) is 6.99. The predicted molar refractivity (Wildman–Crippen MR) is 88.6 cm³/mol. The van der Waals surface area contributed by atoms with Crippen molar-refractivity contribution in [3.8, 4) is 0 Å². The number of aliphatic hydroxyl groups excluding tert-OH is 1. The number of nitrogens with two attached hydrogens (primary N) is 1. The second-order valence-corrected chi connectivity index (χ2v) is 5.14. The largest absolute Gasteiger partial charge is 0.489 e. The van der Waals surface area contributed by atoms with Gasteiger partial charge in [-0.05, 0) is 37.1 Å². The average Bonchev–Trinajstić information content (AvgIpc) is 2.49. The molecule has 0 heterocycles. The summed E-state index contributed by atoms with van der Waals surface area (Å²) in [4.78, 5) is 4.51. The molecule has 1 aliphatic carbocycles. The number of aliphatic imine (C=N–C) groups is 1. The van der Waals surface area contributed by atoms with Crippen LogP contribution in [-0.4, -0.2) is 35.5 Å². The number of allylic oxidation sites excluding steroid dienone is 2. The van der Waals surface area contributed by atoms with Crippen LogP contribution in [0, 0.1) is 24.7 Å². The van der Waals surface area contributed by atoms with Gasteiger partial charge in [0.05, 0.1) is 29.4 Å². The zero-order valence-electron chi connectivity index (χ0n) is 12.7. The van der Waals surface area contributed by atoms with Gasteiger partial charge in [-0.25, -0.2) is 4.99 Å². The molecule has 6 nitrogen and oxygen atoms in total. The van der Waals surface area contributed by atoms with Crippen LogP contribution in [0.2, 0.25) is 0 Å². The van der Waals surface area contributed by atoms with Gasteiger partial charge in [-0.15, -0.1) is 0 Å². The van der Waals surface area contributed by atoms with Crippen molar-refractivity contribution in [3.63, 3.8) is 0 Å². The molecule has 0 aliphatic heterocycles. The fourth-order valence-electron chi connectivity index (χ4n) is 2.12. The summed E-state index contributed by atoms with van der Waals surface area (Å²) < 4.78 is 5.32. The highest BCUT2D eigenvalue weighted by Crippen LogP contribution is 2.27. The summed E-state index contributed by atoms with van der Waals surface area (Å²) in [5, 5.41) is 24.7. The zero-order chi connectivity index (χ0) is 16.3. The van der Waals surface area contributed by atoms with E-state index in [1.807, 2.05) is 19.9 Å². The average molecular weight is 300 g/mol. The zero-order valence-corrected chi connectivity index (χ0v) is 12.7. The molecule has 5 N–H and O–H groups in total. The molecular weight excluding hydrogens is 280 g/mol. The second kappa shape index (κ2) is 6.53. The lowest BCUT2D eigenvalue weighted by Gasteiger charge is -2.17. The van der Waals surface area contributed by atoms with Gasteiger partial charge >= 0.3 is 0 Å². The minimum Gasteiger partial charge on any atom is -0.489 e. The molecule has 22 heavy (non-hydrogen) atoms. The van der Waals surface area contributed by atoms with Crippen LogP contribution in [0.4, 0.5) is 11.4 Å². The van der Waals surface area contributed by atoms with Gasteiger partial charge in [0.25, 0.3) is 0 Å². The highest BCUT2D eigenvalue weighted by atomic mass is 16.5. The first kappa shape index (κ1) is 15.9. The Morgan fingerprint density at radius 2 is 1.95 bits per heavy atom. The topological polar surface area (TPSA) is 116 Å². The lowest BCUT2D eigenvalue weighted by molar-refractivity contribution is 0.155. The van der Waals surface area contributed by atoms with Crippen LogP contribution in [0.3, 0.4) is 0 Å². The van der Waals surface area contributed by atoms with E-state index in [0.717, 1.165) is 16.8 Å². The molecule has 0 saturated heterocycles. The normalized spacial score (nSPS) is 16.9. The number of hydrogen-bond donors (Lipinski definition) is 4. The Bertz CT molecular complexity index is 690. The molecule has 1 aromatic carbocycles. The Kier molecular flexibility index (Phi) is 4.72. The van der Waals surface area contributed by atoms with Crippen LogP contribution in [-0.2, 0) is 4.74 Å². The van der Waals surface area contributed by atoms with Crippen molar-refractivity contribution in [2.24, 2.45) is 4.99 Å². The van der Waals surface area contributed by atoms with Crippen molar-refractivity contribution in [2.45, 2.75) is 20.3 Å². The molecular formula is C16H20N4O2. The van der Waals surface area contributed by atoms with Crippen molar-refractivity contribution in [1.82, 2.24) is 0 Å². The van der Waals surface area contributed by atoms with Crippen LogP contribution < -0.4 is 5.73 Å². The number of ether oxygens (including phenoxy) is 1. The second-order valence-electron chi connectivity index (χ2n) is 5.14. The molecule has 0 radical (unpaired) electrons. The molecule has 0 fully saturated rings. The van der Waals surface area contributed by atoms with Crippen molar-refractivity contribution < 1.29 is 9.84 Å². The van der Waals surface area contributed by atoms with E-state index < -0.39 is 0 Å². The molecule has 0 saturated carbocycles. The third-order valence-corrected chi connectivity index (χ3v) is 3.62. The standard InChI is InChI=1S/C16H20N4O2/c1-9-10(2)14(4-3-11(9)17)20-15-8-16(22-6-5-21)13(19)7-12(15)18/h3-4,8,18-19,21H,5-7,17H2,1-2H3. The Balaban J connectivity index is 2.41. The Hall–Kier alpha value is -2.47. The van der Waals surface area contributed by atoms with Gasteiger partial charge in [0.1, 0.15) is 12.4 Å². The fourth-order valence-corrected chi connectivity index (χ4v) is 2.12. The summed E-state index contributed by atoms with van der Waals surface area (Å²) >= 11 is 0. The number of aliphatic hydroxyl groups is 1. The quantitative estimate of drug-likeness (QED) is 0.639. The molecule has 0 unspecified atom stereocenters. The number of benzene rings is 1. The van der Waals surface area contributed by atoms with Crippen LogP contribution in [0.1, 0.15) is 17.5 Å². The maximum absolute atomic E-state index is 8.82. The highest BCUT2D eigenvalue weighted by Gasteiger charge is 2.20. The van der Waals surface area contributed by atoms with Gasteiger partial charge in [-0.3, -0.25) is 0 Å². The lowest BCUT2D eigenvalue weighted by Crippen LogP contribution is -2.24. The maximum atomic E-state index is 8.82. The SMILES string of the molecule is Cc1c(N)ccc(N=C2C=C(OCCO)C(=N)CC2=N)c1C. The van der Waals surface area contributed by atoms with Crippen LogP contribution in [0.25, 0.3) is 0 Å². The number of nitrogens with one attached hydrogen (secondary N) is 2. The lowest BCUT2D eigenvalue weighted by atomic mass is 9.99. The number of anilines is 1. The Morgan fingerprint density at radius 1 is 1.23 bits per heavy atom. The monoisotopic (exact) mass is 300 g/mol. The first-order chi connectivity index (χ1) is 10.4. The summed E-state index contributed by atoms with van der Waals surface area (Å²) in [7, 11) is 0. The van der Waals surface area contributed by atoms with Gasteiger partial charge in [-0.1, -0.05) is 0 Å². The van der Waals surface area contributed by atoms with Gasteiger partial charge in [-0.2, -0.15) is 0 Å². The number of hydrogen-bond acceptors (Lipinski definition) is 6. The fraction of sp³-hybridized carbons (Fsp3) is 0.312.